The summed E-state index contributed by atoms with van der Waals surface area (Å²) in [6, 6.07) is 7.77. The lowest BCUT2D eigenvalue weighted by Gasteiger charge is -2.24. The van der Waals surface area contributed by atoms with E-state index in [0.717, 1.165) is 30.9 Å². The fraction of sp³-hybridized carbons (Fsp3) is 0.444. The Hall–Kier alpha value is -1.85. The van der Waals surface area contributed by atoms with Gasteiger partial charge in [-0.2, -0.15) is 5.10 Å². The number of rotatable bonds is 4. The van der Waals surface area contributed by atoms with Crippen LogP contribution in [0.25, 0.3) is 5.69 Å². The third-order valence-electron chi connectivity index (χ3n) is 4.54. The van der Waals surface area contributed by atoms with Crippen molar-refractivity contribution in [3.8, 4) is 5.69 Å². The summed E-state index contributed by atoms with van der Waals surface area (Å²) in [6.07, 6.45) is 2.67. The van der Waals surface area contributed by atoms with Crippen molar-refractivity contribution in [3.63, 3.8) is 0 Å². The zero-order chi connectivity index (χ0) is 17.3. The zero-order valence-electron chi connectivity index (χ0n) is 14.3. The Morgan fingerprint density at radius 2 is 2.25 bits per heavy atom. The molecule has 1 unspecified atom stereocenters. The van der Waals surface area contributed by atoms with E-state index in [4.69, 9.17) is 11.6 Å². The smallest absolute Gasteiger partial charge is 0.257 e. The molecule has 3 rings (SSSR count). The Bertz CT molecular complexity index is 734. The summed E-state index contributed by atoms with van der Waals surface area (Å²) >= 11 is 6.11. The summed E-state index contributed by atoms with van der Waals surface area (Å²) in [5, 5.41) is 8.43. The van der Waals surface area contributed by atoms with Crippen molar-refractivity contribution >= 4 is 17.5 Å². The molecule has 0 aliphatic carbocycles. The van der Waals surface area contributed by atoms with Crippen LogP contribution in [0, 0.1) is 0 Å². The quantitative estimate of drug-likeness (QED) is 0.925. The van der Waals surface area contributed by atoms with Gasteiger partial charge in [0, 0.05) is 24.7 Å². The largest absolute Gasteiger partial charge is 0.337 e. The first-order valence-electron chi connectivity index (χ1n) is 8.30. The number of likely N-dealkylation sites (N-methyl/N-ethyl adjacent to an activating group) is 1. The molecular formula is C18H23ClN4O. The van der Waals surface area contributed by atoms with Gasteiger partial charge in [-0.15, -0.1) is 0 Å². The predicted octanol–water partition coefficient (Wildman–Crippen LogP) is 3.08. The first-order valence-corrected chi connectivity index (χ1v) is 8.68. The SMILES string of the molecule is CC(C)c1c(C(=O)N(C)C2CCNC2)cnn1-c1cccc(Cl)c1. The molecule has 128 valence electrons. The van der Waals surface area contributed by atoms with E-state index >= 15 is 0 Å². The first-order chi connectivity index (χ1) is 11.5. The number of amides is 1. The van der Waals surface area contributed by atoms with E-state index in [9.17, 15) is 4.79 Å². The number of hydrogen-bond donors (Lipinski definition) is 1. The average molecular weight is 347 g/mol. The highest BCUT2D eigenvalue weighted by molar-refractivity contribution is 6.30. The number of carbonyl (C=O) groups excluding carboxylic acids is 1. The van der Waals surface area contributed by atoms with Crippen LogP contribution < -0.4 is 5.32 Å². The minimum Gasteiger partial charge on any atom is -0.337 e. The maximum Gasteiger partial charge on any atom is 0.257 e. The predicted molar refractivity (Wildman–Crippen MR) is 96.0 cm³/mol. The third kappa shape index (κ3) is 3.19. The zero-order valence-corrected chi connectivity index (χ0v) is 15.0. The topological polar surface area (TPSA) is 50.2 Å². The van der Waals surface area contributed by atoms with Crippen molar-refractivity contribution in [2.75, 3.05) is 20.1 Å². The van der Waals surface area contributed by atoms with Crippen molar-refractivity contribution in [2.24, 2.45) is 0 Å². The second-order valence-electron chi connectivity index (χ2n) is 6.55. The Balaban J connectivity index is 1.98. The molecule has 0 spiro atoms. The second-order valence-corrected chi connectivity index (χ2v) is 6.99. The Kier molecular flexibility index (Phi) is 4.92. The summed E-state index contributed by atoms with van der Waals surface area (Å²) in [4.78, 5) is 14.8. The number of nitrogens with zero attached hydrogens (tertiary/aromatic N) is 3. The highest BCUT2D eigenvalue weighted by Gasteiger charge is 2.28. The molecule has 1 aliphatic heterocycles. The summed E-state index contributed by atoms with van der Waals surface area (Å²) in [6.45, 7) is 5.96. The Morgan fingerprint density at radius 3 is 2.88 bits per heavy atom. The Morgan fingerprint density at radius 1 is 1.46 bits per heavy atom. The van der Waals surface area contributed by atoms with Crippen LogP contribution in [0.15, 0.2) is 30.5 Å². The van der Waals surface area contributed by atoms with Crippen LogP contribution in [0.4, 0.5) is 0 Å². The van der Waals surface area contributed by atoms with E-state index in [1.165, 1.54) is 0 Å². The third-order valence-corrected chi connectivity index (χ3v) is 4.77. The van der Waals surface area contributed by atoms with Crippen LogP contribution in [0.5, 0.6) is 0 Å². The lowest BCUT2D eigenvalue weighted by molar-refractivity contribution is 0.0742. The summed E-state index contributed by atoms with van der Waals surface area (Å²) in [5.41, 5.74) is 2.45. The summed E-state index contributed by atoms with van der Waals surface area (Å²) in [7, 11) is 1.88. The van der Waals surface area contributed by atoms with E-state index in [0.29, 0.717) is 10.6 Å². The maximum absolute atomic E-state index is 13.0. The van der Waals surface area contributed by atoms with Gasteiger partial charge in [0.1, 0.15) is 0 Å². The molecule has 1 fully saturated rings. The molecule has 0 radical (unpaired) electrons. The van der Waals surface area contributed by atoms with Crippen molar-refractivity contribution in [1.82, 2.24) is 20.0 Å². The van der Waals surface area contributed by atoms with Gasteiger partial charge in [0.25, 0.3) is 5.91 Å². The molecule has 2 heterocycles. The minimum atomic E-state index is 0.0284. The molecule has 1 amide bonds. The number of hydrogen-bond acceptors (Lipinski definition) is 3. The van der Waals surface area contributed by atoms with Crippen molar-refractivity contribution in [3.05, 3.63) is 46.7 Å². The second kappa shape index (κ2) is 6.95. The molecule has 0 bridgehead atoms. The van der Waals surface area contributed by atoms with Crippen molar-refractivity contribution in [1.29, 1.82) is 0 Å². The molecule has 1 aromatic heterocycles. The molecule has 1 atom stereocenters. The first kappa shape index (κ1) is 17.0. The average Bonchev–Trinajstić information content (AvgIpc) is 3.22. The highest BCUT2D eigenvalue weighted by Crippen LogP contribution is 2.26. The highest BCUT2D eigenvalue weighted by atomic mass is 35.5. The molecule has 1 aromatic carbocycles. The monoisotopic (exact) mass is 346 g/mol. The van der Waals surface area contributed by atoms with Gasteiger partial charge in [0.2, 0.25) is 0 Å². The van der Waals surface area contributed by atoms with Gasteiger partial charge in [-0.25, -0.2) is 4.68 Å². The van der Waals surface area contributed by atoms with Crippen LogP contribution in [-0.4, -0.2) is 46.8 Å². The van der Waals surface area contributed by atoms with Gasteiger partial charge in [0.15, 0.2) is 0 Å². The van der Waals surface area contributed by atoms with Gasteiger partial charge in [0.05, 0.1) is 23.1 Å². The van der Waals surface area contributed by atoms with Crippen LogP contribution >= 0.6 is 11.6 Å². The van der Waals surface area contributed by atoms with E-state index in [1.807, 2.05) is 40.9 Å². The fourth-order valence-electron chi connectivity index (χ4n) is 3.22. The number of benzene rings is 1. The molecule has 6 heteroatoms. The number of nitrogens with one attached hydrogen (secondary N) is 1. The van der Waals surface area contributed by atoms with Gasteiger partial charge in [-0.05, 0) is 37.1 Å². The Labute approximate surface area is 147 Å². The van der Waals surface area contributed by atoms with Crippen LogP contribution in [0.3, 0.4) is 0 Å². The summed E-state index contributed by atoms with van der Waals surface area (Å²) < 4.78 is 1.82. The van der Waals surface area contributed by atoms with Crippen LogP contribution in [-0.2, 0) is 0 Å². The van der Waals surface area contributed by atoms with E-state index < -0.39 is 0 Å². The van der Waals surface area contributed by atoms with Gasteiger partial charge in [-0.1, -0.05) is 31.5 Å². The molecule has 2 aromatic rings. The van der Waals surface area contributed by atoms with E-state index in [1.54, 1.807) is 6.20 Å². The van der Waals surface area contributed by atoms with E-state index in [-0.39, 0.29) is 17.9 Å². The molecule has 1 saturated heterocycles. The summed E-state index contributed by atoms with van der Waals surface area (Å²) in [5.74, 6) is 0.196. The van der Waals surface area contributed by atoms with Gasteiger partial charge in [-0.3, -0.25) is 4.79 Å². The molecule has 1 N–H and O–H groups in total. The van der Waals surface area contributed by atoms with Gasteiger partial charge >= 0.3 is 0 Å². The van der Waals surface area contributed by atoms with Crippen LogP contribution in [0.1, 0.15) is 42.2 Å². The number of carbonyl (C=O) groups is 1. The molecule has 5 nitrogen and oxygen atoms in total. The molecule has 24 heavy (non-hydrogen) atoms. The van der Waals surface area contributed by atoms with Crippen molar-refractivity contribution in [2.45, 2.75) is 32.2 Å². The lowest BCUT2D eigenvalue weighted by Crippen LogP contribution is -2.38. The van der Waals surface area contributed by atoms with E-state index in [2.05, 4.69) is 24.3 Å². The normalized spacial score (nSPS) is 17.5. The minimum absolute atomic E-state index is 0.0284. The number of halogens is 1. The molecular weight excluding hydrogens is 324 g/mol. The molecule has 1 aliphatic rings. The molecule has 0 saturated carbocycles. The lowest BCUT2D eigenvalue weighted by atomic mass is 10.0. The van der Waals surface area contributed by atoms with Crippen molar-refractivity contribution < 1.29 is 4.79 Å². The fourth-order valence-corrected chi connectivity index (χ4v) is 3.40. The maximum atomic E-state index is 13.0. The number of aromatic nitrogens is 2. The van der Waals surface area contributed by atoms with Gasteiger partial charge < -0.3 is 10.2 Å². The standard InChI is InChI=1S/C18H23ClN4O/c1-12(2)17-16(18(24)22(3)15-7-8-20-10-15)11-21-23(17)14-6-4-5-13(19)9-14/h4-6,9,11-12,15,20H,7-8,10H2,1-3H3. The van der Waals surface area contributed by atoms with Crippen LogP contribution in [0.2, 0.25) is 5.02 Å².